The van der Waals surface area contributed by atoms with Crippen LogP contribution >= 0.6 is 11.6 Å². The predicted octanol–water partition coefficient (Wildman–Crippen LogP) is 3.22. The molecule has 1 fully saturated rings. The number of aromatic amines is 1. The molecule has 2 aromatic carbocycles. The molecule has 0 atom stereocenters. The highest BCUT2D eigenvalue weighted by Gasteiger charge is 2.21. The highest BCUT2D eigenvalue weighted by atomic mass is 35.5. The van der Waals surface area contributed by atoms with Crippen LogP contribution in [0.2, 0.25) is 5.02 Å². The molecule has 28 heavy (non-hydrogen) atoms. The van der Waals surface area contributed by atoms with Crippen LogP contribution in [0.15, 0.2) is 53.5 Å². The van der Waals surface area contributed by atoms with Gasteiger partial charge in [-0.1, -0.05) is 11.6 Å². The number of rotatable bonds is 2. The number of nitrogens with one attached hydrogen (secondary N) is 1. The molecule has 6 nitrogen and oxygen atoms in total. The maximum Gasteiger partial charge on any atom is 0.282 e. The van der Waals surface area contributed by atoms with Crippen LogP contribution in [0.25, 0.3) is 27.8 Å². The number of piperazine rings is 1. The van der Waals surface area contributed by atoms with Crippen molar-refractivity contribution in [3.63, 3.8) is 0 Å². The van der Waals surface area contributed by atoms with Gasteiger partial charge in [0.25, 0.3) is 5.56 Å². The summed E-state index contributed by atoms with van der Waals surface area (Å²) in [5, 5.41) is 6.24. The third kappa shape index (κ3) is 2.85. The average molecular weight is 394 g/mol. The summed E-state index contributed by atoms with van der Waals surface area (Å²) in [4.78, 5) is 20.9. The first-order chi connectivity index (χ1) is 13.6. The summed E-state index contributed by atoms with van der Waals surface area (Å²) in [7, 11) is 2.15. The number of likely N-dealkylation sites (N-methyl/N-ethyl adjacent to an activating group) is 1. The molecule has 0 radical (unpaired) electrons. The summed E-state index contributed by atoms with van der Waals surface area (Å²) in [6.45, 7) is 4.08. The third-order valence-electron chi connectivity index (χ3n) is 5.45. The predicted molar refractivity (Wildman–Crippen MR) is 113 cm³/mol. The Balaban J connectivity index is 1.64. The van der Waals surface area contributed by atoms with Crippen molar-refractivity contribution in [2.45, 2.75) is 0 Å². The number of anilines is 1. The van der Waals surface area contributed by atoms with Crippen LogP contribution in [0.4, 0.5) is 5.69 Å². The van der Waals surface area contributed by atoms with Gasteiger partial charge in [-0.15, -0.1) is 0 Å². The highest BCUT2D eigenvalue weighted by Crippen LogP contribution is 2.30. The topological polar surface area (TPSA) is 57.2 Å². The minimum Gasteiger partial charge on any atom is -0.369 e. The largest absolute Gasteiger partial charge is 0.369 e. The Bertz CT molecular complexity index is 1170. The Hall–Kier alpha value is -2.83. The molecule has 2 aromatic rings. The summed E-state index contributed by atoms with van der Waals surface area (Å²) in [6, 6.07) is 13.5. The van der Waals surface area contributed by atoms with Gasteiger partial charge in [0.1, 0.15) is 5.69 Å². The number of halogens is 1. The third-order valence-corrected chi connectivity index (χ3v) is 5.70. The molecule has 0 saturated carbocycles. The van der Waals surface area contributed by atoms with Gasteiger partial charge in [-0.05, 0) is 49.5 Å². The van der Waals surface area contributed by atoms with E-state index in [1.807, 2.05) is 0 Å². The number of hydrogen-bond acceptors (Lipinski definition) is 4. The second-order valence-electron chi connectivity index (χ2n) is 7.26. The maximum atomic E-state index is 12.9. The molecular formula is C21H20ClN5O. The lowest BCUT2D eigenvalue weighted by Crippen LogP contribution is -2.44. The lowest BCUT2D eigenvalue weighted by Gasteiger charge is -2.34. The highest BCUT2D eigenvalue weighted by molar-refractivity contribution is 6.30. The van der Waals surface area contributed by atoms with Gasteiger partial charge in [0.2, 0.25) is 0 Å². The Labute approximate surface area is 167 Å². The van der Waals surface area contributed by atoms with Gasteiger partial charge >= 0.3 is 0 Å². The zero-order chi connectivity index (χ0) is 19.3. The minimum absolute atomic E-state index is 0.138. The summed E-state index contributed by atoms with van der Waals surface area (Å²) in [5.74, 6) is 0. The van der Waals surface area contributed by atoms with Crippen molar-refractivity contribution in [1.82, 2.24) is 19.7 Å². The first-order valence-electron chi connectivity index (χ1n) is 9.34. The van der Waals surface area contributed by atoms with E-state index >= 15 is 0 Å². The summed E-state index contributed by atoms with van der Waals surface area (Å²) >= 11 is 5.98. The standard InChI is InChI=1S/C21H20ClN5O/c1-25-8-10-26(11-9-25)16-6-7-19-17(12-16)20-18(13-23-19)21(28)27(24-20)15-4-2-14(22)3-5-15/h2-7,12-13,23H,8-11H2,1H3. The lowest BCUT2D eigenvalue weighted by molar-refractivity contribution is 0.313. The van der Waals surface area contributed by atoms with Crippen LogP contribution in [0.1, 0.15) is 0 Å². The van der Waals surface area contributed by atoms with Gasteiger partial charge in [-0.3, -0.25) is 4.79 Å². The normalized spacial score (nSPS) is 15.6. The monoisotopic (exact) mass is 393 g/mol. The fourth-order valence-corrected chi connectivity index (χ4v) is 3.89. The minimum atomic E-state index is -0.138. The van der Waals surface area contributed by atoms with Crippen LogP contribution in [-0.4, -0.2) is 52.9 Å². The number of fused-ring (bicyclic) bond motifs is 3. The molecule has 0 bridgehead atoms. The smallest absolute Gasteiger partial charge is 0.282 e. The molecule has 0 amide bonds. The second kappa shape index (κ2) is 6.65. The molecule has 0 unspecified atom stereocenters. The molecule has 0 aromatic heterocycles. The van der Waals surface area contributed by atoms with E-state index in [2.05, 4.69) is 45.1 Å². The zero-order valence-electron chi connectivity index (χ0n) is 15.5. The number of pyridine rings is 1. The van der Waals surface area contributed by atoms with Crippen LogP contribution in [0.3, 0.4) is 0 Å². The van der Waals surface area contributed by atoms with E-state index in [1.165, 1.54) is 4.68 Å². The van der Waals surface area contributed by atoms with Crippen molar-refractivity contribution < 1.29 is 0 Å². The SMILES string of the molecule is CN1CCN(c2ccc3[nH]cc4c(=O)n(-c5ccc(Cl)cc5)nc-4c3c2)CC1. The fourth-order valence-electron chi connectivity index (χ4n) is 3.77. The van der Waals surface area contributed by atoms with Crippen molar-refractivity contribution in [2.24, 2.45) is 0 Å². The number of aromatic nitrogens is 3. The Kier molecular flexibility index (Phi) is 4.10. The van der Waals surface area contributed by atoms with E-state index in [0.29, 0.717) is 22.0 Å². The van der Waals surface area contributed by atoms with Gasteiger partial charge in [-0.25, -0.2) is 0 Å². The number of benzene rings is 2. The van der Waals surface area contributed by atoms with Gasteiger partial charge in [0, 0.05) is 54.0 Å². The second-order valence-corrected chi connectivity index (χ2v) is 7.70. The quantitative estimate of drug-likeness (QED) is 0.568. The first-order valence-corrected chi connectivity index (χ1v) is 9.71. The average Bonchev–Trinajstić information content (AvgIpc) is 3.06. The Morgan fingerprint density at radius 1 is 1.00 bits per heavy atom. The van der Waals surface area contributed by atoms with Crippen molar-refractivity contribution in [2.75, 3.05) is 38.1 Å². The maximum absolute atomic E-state index is 12.9. The number of nitrogens with zero attached hydrogens (tertiary/aromatic N) is 4. The molecule has 3 heterocycles. The lowest BCUT2D eigenvalue weighted by atomic mass is 10.1. The van der Waals surface area contributed by atoms with E-state index in [4.69, 9.17) is 11.6 Å². The van der Waals surface area contributed by atoms with Crippen molar-refractivity contribution in [1.29, 1.82) is 0 Å². The van der Waals surface area contributed by atoms with E-state index in [9.17, 15) is 4.79 Å². The molecule has 1 saturated heterocycles. The van der Waals surface area contributed by atoms with Crippen LogP contribution < -0.4 is 10.5 Å². The Morgan fingerprint density at radius 3 is 2.46 bits per heavy atom. The summed E-state index contributed by atoms with van der Waals surface area (Å²) in [6.07, 6.45) is 1.74. The van der Waals surface area contributed by atoms with Crippen molar-refractivity contribution in [3.8, 4) is 16.9 Å². The molecule has 0 spiro atoms. The Morgan fingerprint density at radius 2 is 1.71 bits per heavy atom. The van der Waals surface area contributed by atoms with E-state index in [-0.39, 0.29) is 5.56 Å². The van der Waals surface area contributed by atoms with Gasteiger partial charge in [0.05, 0.1) is 11.3 Å². The van der Waals surface area contributed by atoms with Crippen molar-refractivity contribution in [3.05, 3.63) is 64.0 Å². The molecular weight excluding hydrogens is 374 g/mol. The molecule has 7 heteroatoms. The van der Waals surface area contributed by atoms with E-state index < -0.39 is 0 Å². The number of H-pyrrole nitrogens is 1. The van der Waals surface area contributed by atoms with Gasteiger partial charge in [0.15, 0.2) is 0 Å². The summed E-state index contributed by atoms with van der Waals surface area (Å²) < 4.78 is 1.44. The first kappa shape index (κ1) is 17.3. The van der Waals surface area contributed by atoms with Crippen LogP contribution in [0, 0.1) is 0 Å². The van der Waals surface area contributed by atoms with Gasteiger partial charge in [-0.2, -0.15) is 9.78 Å². The molecule has 1 N–H and O–H groups in total. The zero-order valence-corrected chi connectivity index (χ0v) is 16.3. The summed E-state index contributed by atoms with van der Waals surface area (Å²) in [5.41, 5.74) is 3.98. The molecule has 5 rings (SSSR count). The van der Waals surface area contributed by atoms with Crippen LogP contribution in [0.5, 0.6) is 0 Å². The van der Waals surface area contributed by atoms with E-state index in [0.717, 1.165) is 42.8 Å². The molecule has 142 valence electrons. The van der Waals surface area contributed by atoms with Crippen molar-refractivity contribution >= 4 is 28.2 Å². The molecule has 3 aliphatic heterocycles. The molecule has 3 aliphatic rings. The molecule has 0 aliphatic carbocycles. The number of hydrogen-bond donors (Lipinski definition) is 1. The van der Waals surface area contributed by atoms with Crippen LogP contribution in [-0.2, 0) is 0 Å². The fraction of sp³-hybridized carbons (Fsp3) is 0.238. The van der Waals surface area contributed by atoms with E-state index in [1.54, 1.807) is 30.5 Å². The van der Waals surface area contributed by atoms with Gasteiger partial charge < -0.3 is 14.8 Å².